The summed E-state index contributed by atoms with van der Waals surface area (Å²) in [5, 5.41) is 15.5. The molecule has 2 N–H and O–H groups in total. The second-order valence-corrected chi connectivity index (χ2v) is 9.98. The van der Waals surface area contributed by atoms with Crippen LogP contribution in [-0.2, 0) is 14.1 Å². The Morgan fingerprint density at radius 2 is 1.18 bits per heavy atom. The van der Waals surface area contributed by atoms with Crippen molar-refractivity contribution >= 4 is 55.2 Å². The van der Waals surface area contributed by atoms with Crippen molar-refractivity contribution in [2.45, 2.75) is 0 Å². The Hall–Kier alpha value is -5.10. The zero-order valence-corrected chi connectivity index (χ0v) is 20.8. The molecule has 0 atom stereocenters. The van der Waals surface area contributed by atoms with E-state index in [1.165, 1.54) is 0 Å². The van der Waals surface area contributed by atoms with E-state index in [0.29, 0.717) is 22.5 Å². The summed E-state index contributed by atoms with van der Waals surface area (Å²) in [6.07, 6.45) is 0. The first kappa shape index (κ1) is 21.0. The van der Waals surface area contributed by atoms with Gasteiger partial charge in [-0.1, -0.05) is 48.5 Å². The maximum absolute atomic E-state index is 13.3. The van der Waals surface area contributed by atoms with E-state index in [-0.39, 0.29) is 11.8 Å². The third-order valence-electron chi connectivity index (χ3n) is 8.03. The first-order valence-electron chi connectivity index (χ1n) is 12.5. The SMILES string of the molecule is Cn1c2ccccc2c2cc(C3=NC(=O)c4c(-c5ccc6c(c5)c5ccccc5n6C)[nH]c(O)c43)ccc21. The molecule has 38 heavy (non-hydrogen) atoms. The van der Waals surface area contributed by atoms with Crippen molar-refractivity contribution in [2.75, 3.05) is 0 Å². The first-order chi connectivity index (χ1) is 18.5. The highest BCUT2D eigenvalue weighted by Crippen LogP contribution is 2.40. The van der Waals surface area contributed by atoms with E-state index in [0.717, 1.165) is 54.7 Å². The number of aryl methyl sites for hydroxylation is 2. The number of para-hydroxylation sites is 2. The molecule has 1 aliphatic rings. The van der Waals surface area contributed by atoms with Gasteiger partial charge in [0, 0.05) is 63.3 Å². The summed E-state index contributed by atoms with van der Waals surface area (Å²) in [6, 6.07) is 28.7. The molecular weight excluding hydrogens is 472 g/mol. The number of amides is 1. The molecule has 0 radical (unpaired) electrons. The highest BCUT2D eigenvalue weighted by atomic mass is 16.3. The Morgan fingerprint density at radius 1 is 0.658 bits per heavy atom. The van der Waals surface area contributed by atoms with Crippen LogP contribution < -0.4 is 0 Å². The van der Waals surface area contributed by atoms with Crippen LogP contribution >= 0.6 is 0 Å². The van der Waals surface area contributed by atoms with Gasteiger partial charge in [-0.3, -0.25) is 4.79 Å². The predicted molar refractivity (Wildman–Crippen MR) is 152 cm³/mol. The highest BCUT2D eigenvalue weighted by Gasteiger charge is 2.34. The van der Waals surface area contributed by atoms with Gasteiger partial charge in [-0.25, -0.2) is 4.99 Å². The van der Waals surface area contributed by atoms with E-state index in [1.807, 2.05) is 36.4 Å². The lowest BCUT2D eigenvalue weighted by Crippen LogP contribution is -2.00. The summed E-state index contributed by atoms with van der Waals surface area (Å²) >= 11 is 0. The minimum Gasteiger partial charge on any atom is -0.494 e. The van der Waals surface area contributed by atoms with E-state index < -0.39 is 0 Å². The molecule has 182 valence electrons. The number of aromatic hydroxyl groups is 1. The van der Waals surface area contributed by atoms with Gasteiger partial charge in [-0.15, -0.1) is 0 Å². The molecule has 0 unspecified atom stereocenters. The molecule has 6 heteroatoms. The van der Waals surface area contributed by atoms with Crippen molar-refractivity contribution in [3.8, 4) is 17.1 Å². The van der Waals surface area contributed by atoms with Crippen molar-refractivity contribution < 1.29 is 9.90 Å². The molecule has 3 aromatic heterocycles. The zero-order valence-electron chi connectivity index (χ0n) is 20.8. The van der Waals surface area contributed by atoms with E-state index in [2.05, 4.69) is 81.7 Å². The molecule has 4 heterocycles. The van der Waals surface area contributed by atoms with Crippen LogP contribution in [0.2, 0.25) is 0 Å². The van der Waals surface area contributed by atoms with Crippen LogP contribution in [0.4, 0.5) is 0 Å². The van der Waals surface area contributed by atoms with Gasteiger partial charge >= 0.3 is 0 Å². The number of aromatic amines is 1. The van der Waals surface area contributed by atoms with Crippen molar-refractivity contribution in [3.63, 3.8) is 0 Å². The third-order valence-corrected chi connectivity index (χ3v) is 8.03. The summed E-state index contributed by atoms with van der Waals surface area (Å²) in [5.74, 6) is -0.395. The van der Waals surface area contributed by atoms with Gasteiger partial charge in [0.25, 0.3) is 5.91 Å². The fourth-order valence-electron chi connectivity index (χ4n) is 6.21. The lowest BCUT2D eigenvalue weighted by atomic mass is 9.98. The van der Waals surface area contributed by atoms with Crippen molar-refractivity contribution in [1.82, 2.24) is 14.1 Å². The molecule has 1 aliphatic heterocycles. The quantitative estimate of drug-likeness (QED) is 0.282. The number of nitrogens with zero attached hydrogens (tertiary/aromatic N) is 3. The summed E-state index contributed by atoms with van der Waals surface area (Å²) in [7, 11) is 4.11. The van der Waals surface area contributed by atoms with Crippen LogP contribution in [-0.4, -0.2) is 30.8 Å². The van der Waals surface area contributed by atoms with Crippen LogP contribution in [0.15, 0.2) is 89.9 Å². The molecule has 0 bridgehead atoms. The number of benzene rings is 4. The zero-order chi connectivity index (χ0) is 25.7. The fourth-order valence-corrected chi connectivity index (χ4v) is 6.21. The molecule has 0 saturated carbocycles. The molecule has 0 spiro atoms. The number of hydrogen-bond donors (Lipinski definition) is 2. The summed E-state index contributed by atoms with van der Waals surface area (Å²) in [4.78, 5) is 20.8. The average Bonchev–Trinajstić information content (AvgIpc) is 3.65. The van der Waals surface area contributed by atoms with Crippen molar-refractivity contribution in [2.24, 2.45) is 19.1 Å². The number of hydrogen-bond acceptors (Lipinski definition) is 2. The Balaban J connectivity index is 1.30. The minimum absolute atomic E-state index is 0.0457. The van der Waals surface area contributed by atoms with Crippen LogP contribution in [0.3, 0.4) is 0 Å². The Morgan fingerprint density at radius 3 is 1.82 bits per heavy atom. The van der Waals surface area contributed by atoms with Gasteiger partial charge in [-0.05, 0) is 42.0 Å². The normalized spacial score (nSPS) is 13.3. The van der Waals surface area contributed by atoms with Gasteiger partial charge in [0.15, 0.2) is 5.88 Å². The Kier molecular flexibility index (Phi) is 4.00. The topological polar surface area (TPSA) is 75.3 Å². The van der Waals surface area contributed by atoms with E-state index >= 15 is 0 Å². The van der Waals surface area contributed by atoms with Crippen LogP contribution in [0.5, 0.6) is 5.88 Å². The van der Waals surface area contributed by atoms with Gasteiger partial charge in [0.2, 0.25) is 0 Å². The van der Waals surface area contributed by atoms with E-state index in [9.17, 15) is 9.90 Å². The molecule has 1 amide bonds. The molecule has 6 nitrogen and oxygen atoms in total. The molecule has 7 aromatic rings. The van der Waals surface area contributed by atoms with Gasteiger partial charge in [0.1, 0.15) is 0 Å². The van der Waals surface area contributed by atoms with E-state index in [1.54, 1.807) is 0 Å². The number of H-pyrrole nitrogens is 1. The fraction of sp³-hybridized carbons (Fsp3) is 0.0625. The number of nitrogens with one attached hydrogen (secondary N) is 1. The number of fused-ring (bicyclic) bond motifs is 7. The number of aromatic nitrogens is 3. The molecule has 4 aromatic carbocycles. The van der Waals surface area contributed by atoms with E-state index in [4.69, 9.17) is 0 Å². The molecule has 0 aliphatic carbocycles. The van der Waals surface area contributed by atoms with Crippen LogP contribution in [0.1, 0.15) is 21.5 Å². The first-order valence-corrected chi connectivity index (χ1v) is 12.5. The second-order valence-electron chi connectivity index (χ2n) is 9.98. The Bertz CT molecular complexity index is 2190. The molecule has 0 fully saturated rings. The number of carbonyl (C=O) groups excluding carboxylic acids is 1. The number of rotatable bonds is 2. The van der Waals surface area contributed by atoms with Crippen LogP contribution in [0.25, 0.3) is 54.9 Å². The Labute approximate surface area is 217 Å². The molecular formula is C32H22N4O2. The number of carbonyl (C=O) groups is 1. The largest absolute Gasteiger partial charge is 0.494 e. The average molecular weight is 495 g/mol. The summed E-state index contributed by atoms with van der Waals surface area (Å²) < 4.78 is 4.33. The van der Waals surface area contributed by atoms with Gasteiger partial charge in [-0.2, -0.15) is 0 Å². The predicted octanol–water partition coefficient (Wildman–Crippen LogP) is 6.67. The lowest BCUT2D eigenvalue weighted by Gasteiger charge is -2.03. The van der Waals surface area contributed by atoms with Crippen molar-refractivity contribution in [1.29, 1.82) is 0 Å². The van der Waals surface area contributed by atoms with Crippen LogP contribution in [0, 0.1) is 0 Å². The third kappa shape index (κ3) is 2.61. The molecule has 0 saturated heterocycles. The van der Waals surface area contributed by atoms with Gasteiger partial charge in [0.05, 0.1) is 22.5 Å². The monoisotopic (exact) mass is 494 g/mol. The van der Waals surface area contributed by atoms with Gasteiger partial charge < -0.3 is 19.2 Å². The molecule has 8 rings (SSSR count). The maximum atomic E-state index is 13.3. The highest BCUT2D eigenvalue weighted by molar-refractivity contribution is 6.31. The maximum Gasteiger partial charge on any atom is 0.280 e. The summed E-state index contributed by atoms with van der Waals surface area (Å²) in [5.41, 5.74) is 8.07. The minimum atomic E-state index is -0.349. The van der Waals surface area contributed by atoms with Crippen molar-refractivity contribution in [3.05, 3.63) is 102 Å². The second kappa shape index (κ2) is 7.23. The smallest absolute Gasteiger partial charge is 0.280 e. The lowest BCUT2D eigenvalue weighted by molar-refractivity contribution is 0.101. The number of aliphatic imine (C=N–C) groups is 1. The standard InChI is InChI=1S/C32H22N4O2/c1-35-23-9-5-3-7-19(23)21-15-17(11-13-25(21)35)29-27-28(32(38)33-29)30(34-31(27)37)18-12-14-26-22(16-18)20-8-4-6-10-24(20)36(26)2/h3-16,33,38H,1-2H3. The summed E-state index contributed by atoms with van der Waals surface area (Å²) in [6.45, 7) is 0.